The molecule has 0 radical (unpaired) electrons. The van der Waals surface area contributed by atoms with Crippen LogP contribution in [0.3, 0.4) is 0 Å². The Morgan fingerprint density at radius 2 is 2.13 bits per heavy atom. The van der Waals surface area contributed by atoms with E-state index in [0.29, 0.717) is 30.3 Å². The van der Waals surface area contributed by atoms with Gasteiger partial charge >= 0.3 is 0 Å². The van der Waals surface area contributed by atoms with E-state index in [1.807, 2.05) is 37.3 Å². The standard InChI is InChI=1S/C17H17N3O3/c1-2-22-17-13(9-6-10-18-17)19-16(21)14-11-15(23-20-14)12-7-4-3-5-8-12/h3-10,15H,2,11H2,1H3,(H,19,21)/t15-/m0/s1. The predicted molar refractivity (Wildman–Crippen MR) is 86.4 cm³/mol. The molecule has 1 aliphatic rings. The highest BCUT2D eigenvalue weighted by Gasteiger charge is 2.27. The number of nitrogens with zero attached hydrogens (tertiary/aromatic N) is 2. The van der Waals surface area contributed by atoms with Crippen molar-refractivity contribution in [1.82, 2.24) is 4.98 Å². The molecular formula is C17H17N3O3. The van der Waals surface area contributed by atoms with Crippen LogP contribution in [0.15, 0.2) is 53.8 Å². The molecule has 2 aromatic rings. The number of ether oxygens (including phenoxy) is 1. The molecule has 1 atom stereocenters. The summed E-state index contributed by atoms with van der Waals surface area (Å²) >= 11 is 0. The van der Waals surface area contributed by atoms with Crippen molar-refractivity contribution in [3.63, 3.8) is 0 Å². The van der Waals surface area contributed by atoms with Crippen LogP contribution >= 0.6 is 0 Å². The SMILES string of the molecule is CCOc1ncccc1NC(=O)C1=NO[C@H](c2ccccc2)C1. The second-order valence-electron chi connectivity index (χ2n) is 4.99. The Hall–Kier alpha value is -2.89. The predicted octanol–water partition coefficient (Wildman–Crippen LogP) is 2.94. The molecule has 1 aromatic carbocycles. The highest BCUT2D eigenvalue weighted by molar-refractivity contribution is 6.43. The molecule has 2 heterocycles. The van der Waals surface area contributed by atoms with Crippen molar-refractivity contribution < 1.29 is 14.4 Å². The molecule has 0 aliphatic carbocycles. The van der Waals surface area contributed by atoms with E-state index in [4.69, 9.17) is 9.57 Å². The Morgan fingerprint density at radius 1 is 1.30 bits per heavy atom. The third kappa shape index (κ3) is 3.48. The first kappa shape index (κ1) is 15.0. The summed E-state index contributed by atoms with van der Waals surface area (Å²) in [7, 11) is 0. The van der Waals surface area contributed by atoms with Crippen molar-refractivity contribution in [2.75, 3.05) is 11.9 Å². The Bertz CT molecular complexity index is 716. The van der Waals surface area contributed by atoms with Gasteiger partial charge in [-0.05, 0) is 24.6 Å². The second-order valence-corrected chi connectivity index (χ2v) is 4.99. The fraction of sp³-hybridized carbons (Fsp3) is 0.235. The van der Waals surface area contributed by atoms with E-state index in [9.17, 15) is 4.79 Å². The van der Waals surface area contributed by atoms with E-state index in [-0.39, 0.29) is 12.0 Å². The highest BCUT2D eigenvalue weighted by Crippen LogP contribution is 2.28. The number of pyridine rings is 1. The van der Waals surface area contributed by atoms with Gasteiger partial charge in [0.2, 0.25) is 5.88 Å². The van der Waals surface area contributed by atoms with Crippen LogP contribution in [0.4, 0.5) is 5.69 Å². The topological polar surface area (TPSA) is 72.8 Å². The summed E-state index contributed by atoms with van der Waals surface area (Å²) in [4.78, 5) is 21.8. The first-order valence-electron chi connectivity index (χ1n) is 7.44. The van der Waals surface area contributed by atoms with Crippen molar-refractivity contribution >= 4 is 17.3 Å². The molecule has 0 saturated heterocycles. The molecule has 6 heteroatoms. The number of hydrogen-bond acceptors (Lipinski definition) is 5. The van der Waals surface area contributed by atoms with Gasteiger partial charge in [-0.3, -0.25) is 4.79 Å². The van der Waals surface area contributed by atoms with E-state index < -0.39 is 0 Å². The monoisotopic (exact) mass is 311 g/mol. The van der Waals surface area contributed by atoms with E-state index in [1.165, 1.54) is 0 Å². The Labute approximate surface area is 134 Å². The van der Waals surface area contributed by atoms with Gasteiger partial charge < -0.3 is 14.9 Å². The lowest BCUT2D eigenvalue weighted by Crippen LogP contribution is -2.22. The first-order chi connectivity index (χ1) is 11.3. The Balaban J connectivity index is 1.66. The number of rotatable bonds is 5. The molecule has 0 saturated carbocycles. The third-order valence-corrected chi connectivity index (χ3v) is 3.40. The summed E-state index contributed by atoms with van der Waals surface area (Å²) in [6, 6.07) is 13.2. The van der Waals surface area contributed by atoms with Crippen LogP contribution in [0, 0.1) is 0 Å². The minimum atomic E-state index is -0.308. The molecule has 23 heavy (non-hydrogen) atoms. The Kier molecular flexibility index (Phi) is 4.52. The lowest BCUT2D eigenvalue weighted by molar-refractivity contribution is -0.110. The summed E-state index contributed by atoms with van der Waals surface area (Å²) in [6.07, 6.45) is 1.82. The maximum absolute atomic E-state index is 12.3. The van der Waals surface area contributed by atoms with Crippen molar-refractivity contribution in [3.05, 3.63) is 54.2 Å². The van der Waals surface area contributed by atoms with Gasteiger partial charge in [-0.2, -0.15) is 0 Å². The van der Waals surface area contributed by atoms with Gasteiger partial charge in [0.1, 0.15) is 11.4 Å². The van der Waals surface area contributed by atoms with Gasteiger partial charge in [-0.15, -0.1) is 0 Å². The number of amides is 1. The summed E-state index contributed by atoms with van der Waals surface area (Å²) in [5, 5.41) is 6.68. The molecule has 3 rings (SSSR count). The molecule has 1 amide bonds. The van der Waals surface area contributed by atoms with Gasteiger partial charge in [0, 0.05) is 12.6 Å². The number of aromatic nitrogens is 1. The first-order valence-corrected chi connectivity index (χ1v) is 7.44. The Morgan fingerprint density at radius 3 is 2.91 bits per heavy atom. The third-order valence-electron chi connectivity index (χ3n) is 3.40. The number of nitrogens with one attached hydrogen (secondary N) is 1. The molecule has 0 fully saturated rings. The van der Waals surface area contributed by atoms with Gasteiger partial charge in [-0.25, -0.2) is 4.98 Å². The molecule has 1 aromatic heterocycles. The fourth-order valence-corrected chi connectivity index (χ4v) is 2.29. The average Bonchev–Trinajstić information content (AvgIpc) is 3.08. The maximum Gasteiger partial charge on any atom is 0.273 e. The van der Waals surface area contributed by atoms with Crippen molar-refractivity contribution in [3.8, 4) is 5.88 Å². The number of hydrogen-bond donors (Lipinski definition) is 1. The van der Waals surface area contributed by atoms with Crippen molar-refractivity contribution in [2.24, 2.45) is 5.16 Å². The van der Waals surface area contributed by atoms with Gasteiger partial charge in [0.05, 0.1) is 6.61 Å². The van der Waals surface area contributed by atoms with Crippen LogP contribution in [0.25, 0.3) is 0 Å². The van der Waals surface area contributed by atoms with Crippen molar-refractivity contribution in [1.29, 1.82) is 0 Å². The lowest BCUT2D eigenvalue weighted by atomic mass is 10.0. The minimum Gasteiger partial charge on any atom is -0.476 e. The molecule has 0 spiro atoms. The quantitative estimate of drug-likeness (QED) is 0.921. The number of carbonyl (C=O) groups is 1. The zero-order valence-electron chi connectivity index (χ0n) is 12.7. The van der Waals surface area contributed by atoms with E-state index in [1.54, 1.807) is 18.3 Å². The average molecular weight is 311 g/mol. The molecule has 0 bridgehead atoms. The zero-order valence-corrected chi connectivity index (χ0v) is 12.7. The van der Waals surface area contributed by atoms with Crippen LogP contribution in [0.5, 0.6) is 5.88 Å². The maximum atomic E-state index is 12.3. The van der Waals surface area contributed by atoms with Gasteiger partial charge in [-0.1, -0.05) is 35.5 Å². The second kappa shape index (κ2) is 6.91. The largest absolute Gasteiger partial charge is 0.476 e. The van der Waals surface area contributed by atoms with Crippen LogP contribution < -0.4 is 10.1 Å². The number of benzene rings is 1. The highest BCUT2D eigenvalue weighted by atomic mass is 16.6. The molecule has 1 aliphatic heterocycles. The zero-order chi connectivity index (χ0) is 16.1. The molecule has 118 valence electrons. The smallest absolute Gasteiger partial charge is 0.273 e. The van der Waals surface area contributed by atoms with Gasteiger partial charge in [0.25, 0.3) is 5.91 Å². The molecule has 6 nitrogen and oxygen atoms in total. The minimum absolute atomic E-state index is 0.225. The summed E-state index contributed by atoms with van der Waals surface area (Å²) < 4.78 is 5.39. The van der Waals surface area contributed by atoms with Crippen LogP contribution in [0.1, 0.15) is 25.0 Å². The normalized spacial score (nSPS) is 16.4. The number of oxime groups is 1. The van der Waals surface area contributed by atoms with Crippen molar-refractivity contribution in [2.45, 2.75) is 19.4 Å². The van der Waals surface area contributed by atoms with E-state index in [2.05, 4.69) is 15.5 Å². The summed E-state index contributed by atoms with van der Waals surface area (Å²) in [5.41, 5.74) is 1.87. The lowest BCUT2D eigenvalue weighted by Gasteiger charge is -2.10. The van der Waals surface area contributed by atoms with E-state index in [0.717, 1.165) is 5.56 Å². The van der Waals surface area contributed by atoms with Gasteiger partial charge in [0.15, 0.2) is 6.10 Å². The van der Waals surface area contributed by atoms with Crippen LogP contribution in [-0.2, 0) is 9.63 Å². The van der Waals surface area contributed by atoms with Crippen LogP contribution in [0.2, 0.25) is 0 Å². The summed E-state index contributed by atoms with van der Waals surface area (Å²) in [6.45, 7) is 2.33. The number of carbonyl (C=O) groups excluding carboxylic acids is 1. The summed E-state index contributed by atoms with van der Waals surface area (Å²) in [5.74, 6) is 0.0832. The molecular weight excluding hydrogens is 294 g/mol. The number of anilines is 1. The fourth-order valence-electron chi connectivity index (χ4n) is 2.29. The van der Waals surface area contributed by atoms with Crippen LogP contribution in [-0.4, -0.2) is 23.2 Å². The molecule has 0 unspecified atom stereocenters. The van der Waals surface area contributed by atoms with E-state index >= 15 is 0 Å². The molecule has 1 N–H and O–H groups in total.